The van der Waals surface area contributed by atoms with E-state index >= 15 is 0 Å². The number of hydrogen-bond acceptors (Lipinski definition) is 6. The first kappa shape index (κ1) is 24.5. The Balaban J connectivity index is 1.77. The number of nitrogens with two attached hydrogens (primary N) is 1. The van der Waals surface area contributed by atoms with Gasteiger partial charge in [-0.3, -0.25) is 14.8 Å². The number of methoxy groups -OCH3 is 2. The number of nitrogens with one attached hydrogen (secondary N) is 1. The van der Waals surface area contributed by atoms with E-state index in [4.69, 9.17) is 15.2 Å². The van der Waals surface area contributed by atoms with Crippen LogP contribution in [0.4, 0.5) is 24.5 Å². The van der Waals surface area contributed by atoms with Gasteiger partial charge in [0, 0.05) is 43.0 Å². The summed E-state index contributed by atoms with van der Waals surface area (Å²) in [5, 5.41) is 2.57. The number of amides is 1. The highest BCUT2D eigenvalue weighted by atomic mass is 19.4. The summed E-state index contributed by atoms with van der Waals surface area (Å²) in [7, 11) is 3.09. The van der Waals surface area contributed by atoms with Crippen molar-refractivity contribution in [3.8, 4) is 5.75 Å². The lowest BCUT2D eigenvalue weighted by atomic mass is 9.71. The third-order valence-corrected chi connectivity index (χ3v) is 6.03. The van der Waals surface area contributed by atoms with E-state index in [0.717, 1.165) is 25.1 Å². The molecule has 1 amide bonds. The lowest BCUT2D eigenvalue weighted by Gasteiger charge is -2.42. The van der Waals surface area contributed by atoms with Crippen LogP contribution in [0, 0.1) is 5.92 Å². The maximum Gasteiger partial charge on any atom is 0.417 e. The van der Waals surface area contributed by atoms with E-state index in [1.165, 1.54) is 13.2 Å². The molecule has 0 bridgehead atoms. The van der Waals surface area contributed by atoms with Gasteiger partial charge in [-0.1, -0.05) is 0 Å². The predicted octanol–water partition coefficient (Wildman–Crippen LogP) is 4.57. The molecule has 10 heteroatoms. The largest absolute Gasteiger partial charge is 0.494 e. The zero-order chi connectivity index (χ0) is 24.4. The number of rotatable bonds is 7. The molecule has 0 unspecified atom stereocenters. The first-order valence-corrected chi connectivity index (χ1v) is 10.3. The maximum atomic E-state index is 12.9. The third kappa shape index (κ3) is 5.62. The molecule has 1 aromatic heterocycles. The van der Waals surface area contributed by atoms with Crippen molar-refractivity contribution in [1.82, 2.24) is 4.98 Å². The standard InChI is InChI=1S/C23H27F3N4O3/c1-22(2,33-4)15-7-17(8-15)29-11-13-6-19(20(32-3)9-18(13)27)30-21(31)14-5-16(12-28-10-14)23(24,25)26/h5-6,9-12,15,17H,7-8,27H2,1-4H3,(H,30,31). The predicted molar refractivity (Wildman–Crippen MR) is 120 cm³/mol. The van der Waals surface area contributed by atoms with E-state index < -0.39 is 17.6 Å². The van der Waals surface area contributed by atoms with Crippen molar-refractivity contribution in [2.45, 2.75) is 44.5 Å². The number of benzene rings is 1. The number of pyridine rings is 1. The van der Waals surface area contributed by atoms with Gasteiger partial charge in [0.2, 0.25) is 0 Å². The number of hydrogen-bond donors (Lipinski definition) is 2. The molecule has 1 fully saturated rings. The molecule has 33 heavy (non-hydrogen) atoms. The van der Waals surface area contributed by atoms with Gasteiger partial charge >= 0.3 is 6.18 Å². The summed E-state index contributed by atoms with van der Waals surface area (Å²) in [6.07, 6.45) is 0.528. The molecular weight excluding hydrogens is 437 g/mol. The summed E-state index contributed by atoms with van der Waals surface area (Å²) in [5.74, 6) is -0.0829. The van der Waals surface area contributed by atoms with Gasteiger partial charge in [0.15, 0.2) is 0 Å². The van der Waals surface area contributed by atoms with Crippen LogP contribution in [-0.4, -0.2) is 43.0 Å². The van der Waals surface area contributed by atoms with Crippen LogP contribution >= 0.6 is 0 Å². The highest BCUT2D eigenvalue weighted by molar-refractivity contribution is 6.06. The minimum Gasteiger partial charge on any atom is -0.494 e. The molecule has 3 rings (SSSR count). The lowest BCUT2D eigenvalue weighted by Crippen LogP contribution is -2.43. The van der Waals surface area contributed by atoms with Crippen molar-refractivity contribution in [2.24, 2.45) is 10.9 Å². The fourth-order valence-corrected chi connectivity index (χ4v) is 3.53. The van der Waals surface area contributed by atoms with E-state index in [1.54, 1.807) is 19.4 Å². The van der Waals surface area contributed by atoms with Crippen LogP contribution in [0.2, 0.25) is 0 Å². The number of ether oxygens (including phenoxy) is 2. The number of carbonyl (C=O) groups excluding carboxylic acids is 1. The zero-order valence-electron chi connectivity index (χ0n) is 18.9. The molecule has 0 spiro atoms. The van der Waals surface area contributed by atoms with Crippen LogP contribution in [0.15, 0.2) is 35.6 Å². The van der Waals surface area contributed by atoms with Crippen LogP contribution < -0.4 is 15.8 Å². The third-order valence-electron chi connectivity index (χ3n) is 6.03. The van der Waals surface area contributed by atoms with Gasteiger partial charge in [0.25, 0.3) is 5.91 Å². The van der Waals surface area contributed by atoms with Crippen molar-refractivity contribution in [3.05, 3.63) is 47.3 Å². The van der Waals surface area contributed by atoms with Gasteiger partial charge < -0.3 is 20.5 Å². The van der Waals surface area contributed by atoms with E-state index in [9.17, 15) is 18.0 Å². The molecule has 0 atom stereocenters. The van der Waals surface area contributed by atoms with Gasteiger partial charge in [0.05, 0.1) is 35.6 Å². The van der Waals surface area contributed by atoms with Crippen molar-refractivity contribution < 1.29 is 27.4 Å². The quantitative estimate of drug-likeness (QED) is 0.462. The zero-order valence-corrected chi connectivity index (χ0v) is 18.9. The summed E-state index contributed by atoms with van der Waals surface area (Å²) in [5.41, 5.74) is 5.85. The highest BCUT2D eigenvalue weighted by Crippen LogP contribution is 2.40. The number of nitrogen functional groups attached to an aromatic ring is 1. The summed E-state index contributed by atoms with van der Waals surface area (Å²) >= 11 is 0. The van der Waals surface area contributed by atoms with Gasteiger partial charge in [-0.15, -0.1) is 0 Å². The van der Waals surface area contributed by atoms with Crippen molar-refractivity contribution in [3.63, 3.8) is 0 Å². The maximum absolute atomic E-state index is 12.9. The summed E-state index contributed by atoms with van der Waals surface area (Å²) in [6.45, 7) is 4.10. The first-order chi connectivity index (χ1) is 15.4. The fraction of sp³-hybridized carbons (Fsp3) is 0.435. The van der Waals surface area contributed by atoms with Gasteiger partial charge in [-0.2, -0.15) is 13.2 Å². The second-order valence-corrected chi connectivity index (χ2v) is 8.50. The van der Waals surface area contributed by atoms with Gasteiger partial charge in [0.1, 0.15) is 5.75 Å². The SMILES string of the molecule is COc1cc(N)c(C=NC2CC(C(C)(C)OC)C2)cc1NC(=O)c1cncc(C(F)(F)F)c1. The smallest absolute Gasteiger partial charge is 0.417 e. The molecule has 3 N–H and O–H groups in total. The second-order valence-electron chi connectivity index (χ2n) is 8.50. The lowest BCUT2D eigenvalue weighted by molar-refractivity contribution is -0.137. The number of aliphatic imine (C=N–C) groups is 1. The molecule has 178 valence electrons. The minimum absolute atomic E-state index is 0.139. The highest BCUT2D eigenvalue weighted by Gasteiger charge is 2.39. The molecular formula is C23H27F3N4O3. The Labute approximate surface area is 190 Å². The Morgan fingerprint density at radius 3 is 2.52 bits per heavy atom. The molecule has 1 aliphatic carbocycles. The number of anilines is 2. The molecule has 0 saturated heterocycles. The summed E-state index contributed by atoms with van der Waals surface area (Å²) in [4.78, 5) is 20.7. The summed E-state index contributed by atoms with van der Waals surface area (Å²) in [6, 6.07) is 3.98. The molecule has 0 radical (unpaired) electrons. The van der Waals surface area contributed by atoms with Crippen LogP contribution in [-0.2, 0) is 10.9 Å². The number of nitrogens with zero attached hydrogens (tertiary/aromatic N) is 2. The monoisotopic (exact) mass is 464 g/mol. The van der Waals surface area contributed by atoms with Crippen LogP contribution in [0.5, 0.6) is 5.75 Å². The Morgan fingerprint density at radius 2 is 1.91 bits per heavy atom. The minimum atomic E-state index is -4.61. The average molecular weight is 464 g/mol. The molecule has 1 aliphatic rings. The van der Waals surface area contributed by atoms with Gasteiger partial charge in [-0.25, -0.2) is 0 Å². The molecule has 0 aliphatic heterocycles. The molecule has 7 nitrogen and oxygen atoms in total. The number of alkyl halides is 3. The van der Waals surface area contributed by atoms with Crippen LogP contribution in [0.3, 0.4) is 0 Å². The van der Waals surface area contributed by atoms with Gasteiger partial charge in [-0.05, 0) is 44.7 Å². The van der Waals surface area contributed by atoms with E-state index in [-0.39, 0.29) is 28.6 Å². The first-order valence-electron chi connectivity index (χ1n) is 10.3. The normalized spacial score (nSPS) is 18.8. The molecule has 1 saturated carbocycles. The van der Waals surface area contributed by atoms with Crippen molar-refractivity contribution in [1.29, 1.82) is 0 Å². The van der Waals surface area contributed by atoms with Crippen molar-refractivity contribution >= 4 is 23.5 Å². The van der Waals surface area contributed by atoms with Crippen molar-refractivity contribution in [2.75, 3.05) is 25.3 Å². The number of carbonyl (C=O) groups is 1. The van der Waals surface area contributed by atoms with E-state index in [0.29, 0.717) is 23.4 Å². The Kier molecular flexibility index (Phi) is 6.97. The number of aromatic nitrogens is 1. The molecule has 2 aromatic rings. The molecule has 1 aromatic carbocycles. The topological polar surface area (TPSA) is 98.8 Å². The summed E-state index contributed by atoms with van der Waals surface area (Å²) < 4.78 is 49.6. The van der Waals surface area contributed by atoms with E-state index in [2.05, 4.69) is 15.3 Å². The fourth-order valence-electron chi connectivity index (χ4n) is 3.53. The Hall–Kier alpha value is -3.14. The van der Waals surface area contributed by atoms with Crippen LogP contribution in [0.25, 0.3) is 0 Å². The van der Waals surface area contributed by atoms with Crippen LogP contribution in [0.1, 0.15) is 48.2 Å². The van der Waals surface area contributed by atoms with E-state index in [1.807, 2.05) is 13.8 Å². The Morgan fingerprint density at radius 1 is 1.21 bits per heavy atom. The second kappa shape index (κ2) is 9.38. The molecule has 1 heterocycles. The Bertz CT molecular complexity index is 1050. The average Bonchev–Trinajstić information content (AvgIpc) is 2.73. The number of halogens is 3.